The van der Waals surface area contributed by atoms with E-state index in [1.807, 2.05) is 6.26 Å². The fourth-order valence-corrected chi connectivity index (χ4v) is 2.80. The van der Waals surface area contributed by atoms with Crippen molar-refractivity contribution < 1.29 is 9.84 Å². The molecule has 4 N–H and O–H groups in total. The summed E-state index contributed by atoms with van der Waals surface area (Å²) in [6.07, 6.45) is 2.17. The Labute approximate surface area is 104 Å². The Morgan fingerprint density at radius 3 is 3.06 bits per heavy atom. The Morgan fingerprint density at radius 1 is 1.69 bits per heavy atom. The standard InChI is InChI=1S/C9H17N3O2S2/c1-14-5-6(13)3-4-11-9-7(15-2)8(10)12-16-9/h6,11,13H,3-5H2,1-2H3,(H2,10,12). The van der Waals surface area contributed by atoms with Crippen molar-refractivity contribution in [3.05, 3.63) is 0 Å². The largest absolute Gasteiger partial charge is 0.391 e. The first-order valence-corrected chi connectivity index (χ1v) is 6.88. The molecule has 5 nitrogen and oxygen atoms in total. The molecule has 1 atom stereocenters. The number of aliphatic hydroxyl groups excluding tert-OH is 1. The van der Waals surface area contributed by atoms with Crippen molar-refractivity contribution in [1.29, 1.82) is 0 Å². The first-order valence-electron chi connectivity index (χ1n) is 4.89. The smallest absolute Gasteiger partial charge is 0.153 e. The van der Waals surface area contributed by atoms with E-state index in [4.69, 9.17) is 10.5 Å². The molecule has 0 saturated heterocycles. The maximum Gasteiger partial charge on any atom is 0.153 e. The van der Waals surface area contributed by atoms with E-state index in [9.17, 15) is 5.11 Å². The molecular formula is C9H17N3O2S2. The molecule has 1 aromatic rings. The number of anilines is 2. The molecule has 0 amide bonds. The van der Waals surface area contributed by atoms with Gasteiger partial charge in [-0.3, -0.25) is 0 Å². The molecule has 1 aromatic heterocycles. The summed E-state index contributed by atoms with van der Waals surface area (Å²) in [4.78, 5) is 0.978. The molecule has 92 valence electrons. The average molecular weight is 263 g/mol. The molecule has 1 unspecified atom stereocenters. The second kappa shape index (κ2) is 6.95. The monoisotopic (exact) mass is 263 g/mol. The Hall–Kier alpha value is -0.500. The number of hydrogen-bond acceptors (Lipinski definition) is 7. The molecule has 0 aliphatic heterocycles. The van der Waals surface area contributed by atoms with E-state index in [1.165, 1.54) is 11.5 Å². The SMILES string of the molecule is COCC(O)CCNc1snc(N)c1SC. The van der Waals surface area contributed by atoms with Gasteiger partial charge >= 0.3 is 0 Å². The van der Waals surface area contributed by atoms with Gasteiger partial charge in [-0.25, -0.2) is 0 Å². The zero-order valence-electron chi connectivity index (χ0n) is 9.40. The van der Waals surface area contributed by atoms with Crippen LogP contribution < -0.4 is 11.1 Å². The van der Waals surface area contributed by atoms with Gasteiger partial charge in [0.1, 0.15) is 5.00 Å². The Kier molecular flexibility index (Phi) is 5.89. The van der Waals surface area contributed by atoms with Crippen LogP contribution in [0.5, 0.6) is 0 Å². The van der Waals surface area contributed by atoms with Gasteiger partial charge in [0.15, 0.2) is 5.82 Å². The second-order valence-electron chi connectivity index (χ2n) is 3.25. The van der Waals surface area contributed by atoms with Crippen LogP contribution in [0.15, 0.2) is 4.90 Å². The summed E-state index contributed by atoms with van der Waals surface area (Å²) < 4.78 is 8.91. The van der Waals surface area contributed by atoms with Crippen molar-refractivity contribution in [3.63, 3.8) is 0 Å². The van der Waals surface area contributed by atoms with Gasteiger partial charge in [0.25, 0.3) is 0 Å². The molecule has 7 heteroatoms. The van der Waals surface area contributed by atoms with Gasteiger partial charge < -0.3 is 20.9 Å². The lowest BCUT2D eigenvalue weighted by molar-refractivity contribution is 0.0615. The lowest BCUT2D eigenvalue weighted by Crippen LogP contribution is -2.18. The van der Waals surface area contributed by atoms with Crippen molar-refractivity contribution in [2.24, 2.45) is 0 Å². The Balaban J connectivity index is 2.37. The number of nitrogens with one attached hydrogen (secondary N) is 1. The highest BCUT2D eigenvalue weighted by Crippen LogP contribution is 2.34. The lowest BCUT2D eigenvalue weighted by Gasteiger charge is -2.10. The molecule has 1 heterocycles. The van der Waals surface area contributed by atoms with E-state index in [2.05, 4.69) is 9.69 Å². The predicted octanol–water partition coefficient (Wildman–Crippen LogP) is 1.26. The zero-order valence-corrected chi connectivity index (χ0v) is 11.0. The van der Waals surface area contributed by atoms with E-state index >= 15 is 0 Å². The normalized spacial score (nSPS) is 12.7. The van der Waals surface area contributed by atoms with E-state index in [0.29, 0.717) is 25.4 Å². The second-order valence-corrected chi connectivity index (χ2v) is 4.84. The van der Waals surface area contributed by atoms with Gasteiger partial charge in [-0.1, -0.05) is 0 Å². The molecule has 1 rings (SSSR count). The van der Waals surface area contributed by atoms with Crippen LogP contribution in [0.1, 0.15) is 6.42 Å². The third-order valence-corrected chi connectivity index (χ3v) is 3.77. The van der Waals surface area contributed by atoms with E-state index in [1.54, 1.807) is 18.9 Å². The number of thioether (sulfide) groups is 1. The Morgan fingerprint density at radius 2 is 2.44 bits per heavy atom. The van der Waals surface area contributed by atoms with Crippen LogP contribution in [0.25, 0.3) is 0 Å². The van der Waals surface area contributed by atoms with Crippen LogP contribution in [-0.2, 0) is 4.74 Å². The van der Waals surface area contributed by atoms with E-state index in [0.717, 1.165) is 9.90 Å². The van der Waals surface area contributed by atoms with E-state index < -0.39 is 6.10 Å². The minimum Gasteiger partial charge on any atom is -0.391 e. The number of ether oxygens (including phenoxy) is 1. The van der Waals surface area contributed by atoms with Crippen LogP contribution in [0.4, 0.5) is 10.8 Å². The summed E-state index contributed by atoms with van der Waals surface area (Å²) in [5.41, 5.74) is 5.70. The highest BCUT2D eigenvalue weighted by molar-refractivity contribution is 7.99. The zero-order chi connectivity index (χ0) is 12.0. The number of methoxy groups -OCH3 is 1. The number of hydrogen-bond donors (Lipinski definition) is 3. The summed E-state index contributed by atoms with van der Waals surface area (Å²) in [5, 5.41) is 13.6. The van der Waals surface area contributed by atoms with Gasteiger partial charge in [-0.15, -0.1) is 11.8 Å². The van der Waals surface area contributed by atoms with Gasteiger partial charge in [0.05, 0.1) is 17.6 Å². The van der Waals surface area contributed by atoms with E-state index in [-0.39, 0.29) is 0 Å². The van der Waals surface area contributed by atoms with Crippen LogP contribution in [0, 0.1) is 0 Å². The summed E-state index contributed by atoms with van der Waals surface area (Å²) in [6, 6.07) is 0. The molecule has 0 saturated carbocycles. The van der Waals surface area contributed by atoms with Crippen LogP contribution in [0.3, 0.4) is 0 Å². The van der Waals surface area contributed by atoms with Crippen LogP contribution >= 0.6 is 23.3 Å². The van der Waals surface area contributed by atoms with Gasteiger partial charge in [-0.05, 0) is 24.2 Å². The van der Waals surface area contributed by atoms with Crippen molar-refractivity contribution in [3.8, 4) is 0 Å². The summed E-state index contributed by atoms with van der Waals surface area (Å²) in [6.45, 7) is 1.04. The predicted molar refractivity (Wildman–Crippen MR) is 69.3 cm³/mol. The fourth-order valence-electron chi connectivity index (χ4n) is 1.23. The molecule has 0 aliphatic rings. The van der Waals surface area contributed by atoms with Gasteiger partial charge in [0.2, 0.25) is 0 Å². The van der Waals surface area contributed by atoms with Crippen molar-refractivity contribution in [1.82, 2.24) is 4.37 Å². The van der Waals surface area contributed by atoms with Crippen molar-refractivity contribution in [2.45, 2.75) is 17.4 Å². The number of nitrogen functional groups attached to an aromatic ring is 1. The minimum absolute atomic E-state index is 0.363. The fraction of sp³-hybridized carbons (Fsp3) is 0.667. The highest BCUT2D eigenvalue weighted by Gasteiger charge is 2.10. The maximum atomic E-state index is 9.45. The number of aromatic nitrogens is 1. The number of aliphatic hydroxyl groups is 1. The molecule has 16 heavy (non-hydrogen) atoms. The quantitative estimate of drug-likeness (QED) is 0.643. The molecule has 0 radical (unpaired) electrons. The first kappa shape index (κ1) is 13.6. The molecule has 0 fully saturated rings. The van der Waals surface area contributed by atoms with Gasteiger partial charge in [-0.2, -0.15) is 4.37 Å². The molecule has 0 aliphatic carbocycles. The van der Waals surface area contributed by atoms with Gasteiger partial charge in [0, 0.05) is 13.7 Å². The van der Waals surface area contributed by atoms with Crippen molar-refractivity contribution in [2.75, 3.05) is 37.6 Å². The highest BCUT2D eigenvalue weighted by atomic mass is 32.2. The summed E-state index contributed by atoms with van der Waals surface area (Å²) >= 11 is 2.92. The topological polar surface area (TPSA) is 80.4 Å². The first-order chi connectivity index (χ1) is 7.69. The minimum atomic E-state index is -0.430. The molecule has 0 aromatic carbocycles. The summed E-state index contributed by atoms with van der Waals surface area (Å²) in [5.74, 6) is 0.567. The number of rotatable bonds is 7. The average Bonchev–Trinajstić information content (AvgIpc) is 2.60. The van der Waals surface area contributed by atoms with Crippen LogP contribution in [-0.4, -0.2) is 42.1 Å². The third kappa shape index (κ3) is 3.82. The van der Waals surface area contributed by atoms with Crippen molar-refractivity contribution >= 4 is 34.1 Å². The van der Waals surface area contributed by atoms with Crippen LogP contribution in [0.2, 0.25) is 0 Å². The Bertz CT molecular complexity index is 320. The molecule has 0 spiro atoms. The molecule has 0 bridgehead atoms. The number of nitrogens with zero attached hydrogens (tertiary/aromatic N) is 1. The molecular weight excluding hydrogens is 246 g/mol. The third-order valence-electron chi connectivity index (χ3n) is 2.00. The maximum absolute atomic E-state index is 9.45. The lowest BCUT2D eigenvalue weighted by atomic mass is 10.3. The summed E-state index contributed by atoms with van der Waals surface area (Å²) in [7, 11) is 1.58. The number of nitrogens with two attached hydrogens (primary N) is 1.